The molecule has 0 unspecified atom stereocenters. The summed E-state index contributed by atoms with van der Waals surface area (Å²) in [5.41, 5.74) is 3.64. The molecule has 0 radical (unpaired) electrons. The molecule has 2 aromatic carbocycles. The normalized spacial score (nSPS) is 21.4. The Balaban J connectivity index is 1.57. The average molecular weight is 404 g/mol. The third-order valence-electron chi connectivity index (χ3n) is 5.98. The molecule has 0 aliphatic carbocycles. The van der Waals surface area contributed by atoms with Crippen molar-refractivity contribution in [3.05, 3.63) is 71.0 Å². The van der Waals surface area contributed by atoms with Crippen LogP contribution < -0.4 is 4.74 Å². The Kier molecular flexibility index (Phi) is 4.89. The van der Waals surface area contributed by atoms with Gasteiger partial charge in [-0.15, -0.1) is 0 Å². The molecule has 30 heavy (non-hydrogen) atoms. The first-order valence-electron chi connectivity index (χ1n) is 10.3. The molecule has 154 valence electrons. The third kappa shape index (κ3) is 3.32. The Morgan fingerprint density at radius 2 is 2.03 bits per heavy atom. The highest BCUT2D eigenvalue weighted by atomic mass is 16.5. The number of hydrogen-bond acceptors (Lipinski definition) is 5. The molecule has 0 bridgehead atoms. The van der Waals surface area contributed by atoms with Crippen molar-refractivity contribution in [2.24, 2.45) is 0 Å². The van der Waals surface area contributed by atoms with Crippen molar-refractivity contribution in [1.82, 2.24) is 9.88 Å². The van der Waals surface area contributed by atoms with Crippen molar-refractivity contribution in [3.63, 3.8) is 0 Å². The highest BCUT2D eigenvalue weighted by Gasteiger charge is 2.37. The minimum atomic E-state index is -0.605. The standard InChI is InChI=1S/C24H24N2O4/c1-15-6-7-16(12-25-15)10-17-11-20-23(19-5-3-2-4-18(17)19)30-14-26(24(20)28)21-13-29-9-8-22(21)27/h2-7,11-12,21-22,27H,8-10,13-14H2,1H3/t21-,22-/m0/s1. The molecule has 2 atom stereocenters. The molecule has 1 saturated heterocycles. The summed E-state index contributed by atoms with van der Waals surface area (Å²) in [5, 5.41) is 12.4. The number of fused-ring (bicyclic) bond motifs is 3. The fourth-order valence-corrected chi connectivity index (χ4v) is 4.31. The van der Waals surface area contributed by atoms with E-state index in [0.717, 1.165) is 27.6 Å². The lowest BCUT2D eigenvalue weighted by Gasteiger charge is -2.39. The molecular weight excluding hydrogens is 380 g/mol. The number of benzene rings is 2. The number of pyridine rings is 1. The van der Waals surface area contributed by atoms with Crippen LogP contribution in [0.5, 0.6) is 5.75 Å². The molecule has 6 heteroatoms. The fraction of sp³-hybridized carbons (Fsp3) is 0.333. The zero-order valence-electron chi connectivity index (χ0n) is 16.9. The summed E-state index contributed by atoms with van der Waals surface area (Å²) < 4.78 is 11.6. The number of aromatic nitrogens is 1. The number of rotatable bonds is 3. The van der Waals surface area contributed by atoms with Crippen LogP contribution in [0.15, 0.2) is 48.7 Å². The molecular formula is C24H24N2O4. The second-order valence-corrected chi connectivity index (χ2v) is 7.99. The smallest absolute Gasteiger partial charge is 0.260 e. The molecule has 6 nitrogen and oxygen atoms in total. The minimum absolute atomic E-state index is 0.113. The molecule has 5 rings (SSSR count). The Hall–Kier alpha value is -2.96. The van der Waals surface area contributed by atoms with E-state index >= 15 is 0 Å². The Bertz CT molecular complexity index is 1100. The number of hydrogen-bond donors (Lipinski definition) is 1. The summed E-state index contributed by atoms with van der Waals surface area (Å²) in [5.74, 6) is 0.490. The largest absolute Gasteiger partial charge is 0.472 e. The molecule has 0 spiro atoms. The number of nitrogens with zero attached hydrogens (tertiary/aromatic N) is 2. The highest BCUT2D eigenvalue weighted by Crippen LogP contribution is 2.37. The number of carbonyl (C=O) groups excluding carboxylic acids is 1. The van der Waals surface area contributed by atoms with Gasteiger partial charge in [-0.25, -0.2) is 0 Å². The van der Waals surface area contributed by atoms with Gasteiger partial charge >= 0.3 is 0 Å². The lowest BCUT2D eigenvalue weighted by molar-refractivity contribution is -0.0694. The van der Waals surface area contributed by atoms with E-state index in [1.165, 1.54) is 0 Å². The van der Waals surface area contributed by atoms with Gasteiger partial charge in [0.25, 0.3) is 5.91 Å². The third-order valence-corrected chi connectivity index (χ3v) is 5.98. The van der Waals surface area contributed by atoms with E-state index in [1.807, 2.05) is 43.5 Å². The van der Waals surface area contributed by atoms with Crippen LogP contribution in [0.3, 0.4) is 0 Å². The second kappa shape index (κ2) is 7.70. The molecule has 2 aliphatic rings. The van der Waals surface area contributed by atoms with Gasteiger partial charge in [0.15, 0.2) is 6.73 Å². The molecule has 1 fully saturated rings. The maximum Gasteiger partial charge on any atom is 0.260 e. The van der Waals surface area contributed by atoms with Crippen molar-refractivity contribution in [2.45, 2.75) is 31.9 Å². The molecule has 0 saturated carbocycles. The van der Waals surface area contributed by atoms with E-state index < -0.39 is 12.1 Å². The molecule has 3 aromatic rings. The van der Waals surface area contributed by atoms with E-state index in [2.05, 4.69) is 17.1 Å². The molecule has 1 N–H and O–H groups in total. The number of ether oxygens (including phenoxy) is 2. The summed E-state index contributed by atoms with van der Waals surface area (Å²) in [6, 6.07) is 13.6. The lowest BCUT2D eigenvalue weighted by atomic mass is 9.93. The summed E-state index contributed by atoms with van der Waals surface area (Å²) in [6.07, 6.45) is 2.46. The summed E-state index contributed by atoms with van der Waals surface area (Å²) in [4.78, 5) is 19.4. The van der Waals surface area contributed by atoms with Crippen LogP contribution in [0.25, 0.3) is 10.8 Å². The summed E-state index contributed by atoms with van der Waals surface area (Å²) in [7, 11) is 0. The zero-order valence-corrected chi connectivity index (χ0v) is 16.9. The van der Waals surface area contributed by atoms with Gasteiger partial charge in [0.05, 0.1) is 24.3 Å². The van der Waals surface area contributed by atoms with Gasteiger partial charge in [0.2, 0.25) is 0 Å². The first-order valence-corrected chi connectivity index (χ1v) is 10.3. The number of amides is 1. The molecule has 1 amide bonds. The first kappa shape index (κ1) is 19.0. The van der Waals surface area contributed by atoms with E-state index in [-0.39, 0.29) is 12.6 Å². The predicted octanol–water partition coefficient (Wildman–Crippen LogP) is 3.08. The SMILES string of the molecule is Cc1ccc(Cc2cc3c(c4ccccc24)OCN([C@H]2COCC[C@@H]2O)C3=O)cn1. The van der Waals surface area contributed by atoms with E-state index in [1.54, 1.807) is 4.90 Å². The van der Waals surface area contributed by atoms with E-state index in [4.69, 9.17) is 9.47 Å². The molecule has 3 heterocycles. The second-order valence-electron chi connectivity index (χ2n) is 7.99. The Morgan fingerprint density at radius 3 is 2.80 bits per heavy atom. The Morgan fingerprint density at radius 1 is 1.20 bits per heavy atom. The van der Waals surface area contributed by atoms with Crippen LogP contribution >= 0.6 is 0 Å². The Labute approximate surface area is 175 Å². The number of aryl methyl sites for hydroxylation is 1. The van der Waals surface area contributed by atoms with Crippen LogP contribution in [-0.4, -0.2) is 53.0 Å². The van der Waals surface area contributed by atoms with Crippen LogP contribution in [0.2, 0.25) is 0 Å². The number of carbonyl (C=O) groups is 1. The molecule has 1 aromatic heterocycles. The lowest BCUT2D eigenvalue weighted by Crippen LogP contribution is -2.54. The topological polar surface area (TPSA) is 71.9 Å². The van der Waals surface area contributed by atoms with Crippen molar-refractivity contribution in [1.29, 1.82) is 0 Å². The monoisotopic (exact) mass is 404 g/mol. The maximum atomic E-state index is 13.4. The van der Waals surface area contributed by atoms with Gasteiger partial charge in [0.1, 0.15) is 5.75 Å². The van der Waals surface area contributed by atoms with Gasteiger partial charge in [-0.05, 0) is 48.4 Å². The first-order chi connectivity index (χ1) is 14.6. The predicted molar refractivity (Wildman–Crippen MR) is 113 cm³/mol. The quantitative estimate of drug-likeness (QED) is 0.726. The van der Waals surface area contributed by atoms with Crippen molar-refractivity contribution >= 4 is 16.7 Å². The van der Waals surface area contributed by atoms with E-state index in [0.29, 0.717) is 37.4 Å². The van der Waals surface area contributed by atoms with Crippen LogP contribution in [0, 0.1) is 6.92 Å². The van der Waals surface area contributed by atoms with Crippen LogP contribution in [0.1, 0.15) is 33.6 Å². The van der Waals surface area contributed by atoms with Gasteiger partial charge in [-0.2, -0.15) is 0 Å². The van der Waals surface area contributed by atoms with E-state index in [9.17, 15) is 9.90 Å². The summed E-state index contributed by atoms with van der Waals surface area (Å²) in [6.45, 7) is 2.91. The minimum Gasteiger partial charge on any atom is -0.472 e. The zero-order chi connectivity index (χ0) is 20.7. The van der Waals surface area contributed by atoms with Gasteiger partial charge in [0, 0.05) is 23.9 Å². The van der Waals surface area contributed by atoms with Gasteiger partial charge < -0.3 is 14.6 Å². The fourth-order valence-electron chi connectivity index (χ4n) is 4.31. The number of aliphatic hydroxyl groups is 1. The van der Waals surface area contributed by atoms with Gasteiger partial charge in [-0.3, -0.25) is 14.7 Å². The number of aliphatic hydroxyl groups excluding tert-OH is 1. The van der Waals surface area contributed by atoms with Crippen molar-refractivity contribution in [2.75, 3.05) is 19.9 Å². The maximum absolute atomic E-state index is 13.4. The summed E-state index contributed by atoms with van der Waals surface area (Å²) >= 11 is 0. The van der Waals surface area contributed by atoms with Crippen LogP contribution in [-0.2, 0) is 11.2 Å². The highest BCUT2D eigenvalue weighted by molar-refractivity contribution is 6.06. The van der Waals surface area contributed by atoms with Gasteiger partial charge in [-0.1, -0.05) is 30.3 Å². The van der Waals surface area contributed by atoms with Crippen molar-refractivity contribution < 1.29 is 19.4 Å². The molecule has 2 aliphatic heterocycles. The van der Waals surface area contributed by atoms with Crippen LogP contribution in [0.4, 0.5) is 0 Å². The average Bonchev–Trinajstić information content (AvgIpc) is 2.77. The van der Waals surface area contributed by atoms with Crippen molar-refractivity contribution in [3.8, 4) is 5.75 Å².